The lowest BCUT2D eigenvalue weighted by Gasteiger charge is -2.32. The number of aliphatic hydroxyl groups excluding tert-OH is 1. The zero-order valence-electron chi connectivity index (χ0n) is 17.1. The van der Waals surface area contributed by atoms with Crippen LogP contribution in [0.2, 0.25) is 15.1 Å². The Morgan fingerprint density at radius 2 is 1.68 bits per heavy atom. The second-order valence-corrected chi connectivity index (χ2v) is 10.8. The first kappa shape index (κ1) is 24.7. The van der Waals surface area contributed by atoms with Crippen molar-refractivity contribution in [2.24, 2.45) is 0 Å². The van der Waals surface area contributed by atoms with Crippen molar-refractivity contribution in [1.29, 1.82) is 0 Å². The fourth-order valence-corrected chi connectivity index (χ4v) is 5.84. The maximum absolute atomic E-state index is 12.9. The number of halogens is 3. The van der Waals surface area contributed by atoms with Crippen LogP contribution in [0.4, 0.5) is 0 Å². The number of rotatable bonds is 8. The molecule has 1 aliphatic rings. The lowest BCUT2D eigenvalue weighted by molar-refractivity contribution is -0.906. The van der Waals surface area contributed by atoms with Crippen LogP contribution >= 0.6 is 34.8 Å². The predicted octanol–water partition coefficient (Wildman–Crippen LogP) is 2.67. The standard InChI is InChI=1S/C21H25Cl3N2O4S/c1-15(16-2-4-17(22)5-3-16)30-14-19(27)13-25-8-10-26(11-9-25)31(28,29)21-12-18(23)6-7-20(21)24/h2-7,12,15,19,27H,8-11,13-14H2,1H3/p+1/t15-,19-/m0/s1. The molecule has 31 heavy (non-hydrogen) atoms. The van der Waals surface area contributed by atoms with Gasteiger partial charge in [0, 0.05) is 10.0 Å². The van der Waals surface area contributed by atoms with Gasteiger partial charge in [-0.1, -0.05) is 46.9 Å². The first-order valence-corrected chi connectivity index (χ1v) is 12.6. The van der Waals surface area contributed by atoms with Crippen LogP contribution in [0.3, 0.4) is 0 Å². The Hall–Kier alpha value is -0.900. The van der Waals surface area contributed by atoms with Crippen LogP contribution in [-0.4, -0.2) is 63.3 Å². The average Bonchev–Trinajstić information content (AvgIpc) is 2.74. The van der Waals surface area contributed by atoms with E-state index in [2.05, 4.69) is 0 Å². The SMILES string of the molecule is C[C@H](OC[C@@H](O)C[NH+]1CCN(S(=O)(=O)c2cc(Cl)ccc2Cl)CC1)c1ccc(Cl)cc1. The molecule has 2 aromatic carbocycles. The normalized spacial score (nSPS) is 18.1. The highest BCUT2D eigenvalue weighted by Crippen LogP contribution is 2.27. The van der Waals surface area contributed by atoms with E-state index in [1.165, 1.54) is 16.4 Å². The molecule has 0 saturated carbocycles. The van der Waals surface area contributed by atoms with Crippen molar-refractivity contribution >= 4 is 44.8 Å². The van der Waals surface area contributed by atoms with Gasteiger partial charge in [0.1, 0.15) is 17.5 Å². The number of ether oxygens (including phenoxy) is 1. The van der Waals surface area contributed by atoms with Gasteiger partial charge in [-0.15, -0.1) is 0 Å². The number of quaternary nitrogens is 1. The maximum Gasteiger partial charge on any atom is 0.245 e. The molecular formula is C21H26Cl3N2O4S+. The average molecular weight is 509 g/mol. The van der Waals surface area contributed by atoms with Crippen LogP contribution in [-0.2, 0) is 14.8 Å². The highest BCUT2D eigenvalue weighted by Gasteiger charge is 2.32. The van der Waals surface area contributed by atoms with Crippen molar-refractivity contribution in [1.82, 2.24) is 4.31 Å². The third-order valence-corrected chi connectivity index (χ3v) is 8.21. The molecule has 170 valence electrons. The van der Waals surface area contributed by atoms with Gasteiger partial charge in [0.15, 0.2) is 0 Å². The molecule has 0 spiro atoms. The van der Waals surface area contributed by atoms with Gasteiger partial charge in [-0.05, 0) is 42.8 Å². The summed E-state index contributed by atoms with van der Waals surface area (Å²) >= 11 is 17.9. The molecule has 0 aromatic heterocycles. The molecule has 1 saturated heterocycles. The first-order chi connectivity index (χ1) is 14.7. The number of nitrogens with zero attached hydrogens (tertiary/aromatic N) is 1. The van der Waals surface area contributed by atoms with Gasteiger partial charge < -0.3 is 14.7 Å². The second-order valence-electron chi connectivity index (χ2n) is 7.61. The van der Waals surface area contributed by atoms with E-state index >= 15 is 0 Å². The number of hydrogen-bond donors (Lipinski definition) is 2. The van der Waals surface area contributed by atoms with Crippen LogP contribution in [0, 0.1) is 0 Å². The maximum atomic E-state index is 12.9. The third-order valence-electron chi connectivity index (χ3n) is 5.34. The van der Waals surface area contributed by atoms with Crippen molar-refractivity contribution in [2.75, 3.05) is 39.3 Å². The molecule has 0 radical (unpaired) electrons. The predicted molar refractivity (Wildman–Crippen MR) is 123 cm³/mol. The number of benzene rings is 2. The van der Waals surface area contributed by atoms with E-state index in [0.29, 0.717) is 42.8 Å². The van der Waals surface area contributed by atoms with Gasteiger partial charge in [-0.3, -0.25) is 0 Å². The summed E-state index contributed by atoms with van der Waals surface area (Å²) in [5.74, 6) is 0. The smallest absolute Gasteiger partial charge is 0.245 e. The summed E-state index contributed by atoms with van der Waals surface area (Å²) in [6.07, 6.45) is -0.804. The topological polar surface area (TPSA) is 71.3 Å². The third kappa shape index (κ3) is 6.55. The van der Waals surface area contributed by atoms with Crippen LogP contribution in [0.5, 0.6) is 0 Å². The molecule has 6 nitrogen and oxygen atoms in total. The molecule has 10 heteroatoms. The molecule has 1 fully saturated rings. The van der Waals surface area contributed by atoms with E-state index in [0.717, 1.165) is 10.5 Å². The van der Waals surface area contributed by atoms with Crippen LogP contribution in [0.25, 0.3) is 0 Å². The van der Waals surface area contributed by atoms with Gasteiger partial charge in [-0.2, -0.15) is 4.31 Å². The lowest BCUT2D eigenvalue weighted by Crippen LogP contribution is -3.15. The van der Waals surface area contributed by atoms with Crippen molar-refractivity contribution < 1.29 is 23.2 Å². The van der Waals surface area contributed by atoms with Gasteiger partial charge in [0.25, 0.3) is 0 Å². The van der Waals surface area contributed by atoms with Crippen molar-refractivity contribution in [3.05, 3.63) is 63.1 Å². The number of nitrogens with one attached hydrogen (secondary N) is 1. The minimum atomic E-state index is -3.72. The molecule has 0 aliphatic carbocycles. The Bertz CT molecular complexity index is 981. The fraction of sp³-hybridized carbons (Fsp3) is 0.429. The van der Waals surface area contributed by atoms with Crippen molar-refractivity contribution in [3.8, 4) is 0 Å². The quantitative estimate of drug-likeness (QED) is 0.575. The number of aliphatic hydroxyl groups is 1. The Morgan fingerprint density at radius 3 is 2.32 bits per heavy atom. The number of sulfonamides is 1. The van der Waals surface area contributed by atoms with E-state index in [4.69, 9.17) is 39.5 Å². The van der Waals surface area contributed by atoms with Gasteiger partial charge >= 0.3 is 0 Å². The van der Waals surface area contributed by atoms with E-state index in [-0.39, 0.29) is 22.6 Å². The summed E-state index contributed by atoms with van der Waals surface area (Å²) in [5.41, 5.74) is 0.988. The summed E-state index contributed by atoms with van der Waals surface area (Å²) in [4.78, 5) is 1.15. The Labute approximate surface area is 198 Å². The highest BCUT2D eigenvalue weighted by atomic mass is 35.5. The Kier molecular flexibility index (Phi) is 8.63. The molecule has 2 N–H and O–H groups in total. The van der Waals surface area contributed by atoms with Crippen molar-refractivity contribution in [3.63, 3.8) is 0 Å². The summed E-state index contributed by atoms with van der Waals surface area (Å²) in [6.45, 7) is 4.47. The largest absolute Gasteiger partial charge is 0.385 e. The zero-order valence-corrected chi connectivity index (χ0v) is 20.2. The minimum Gasteiger partial charge on any atom is -0.385 e. The summed E-state index contributed by atoms with van der Waals surface area (Å²) in [6, 6.07) is 11.8. The highest BCUT2D eigenvalue weighted by molar-refractivity contribution is 7.89. The van der Waals surface area contributed by atoms with Crippen molar-refractivity contribution in [2.45, 2.75) is 24.0 Å². The van der Waals surface area contributed by atoms with Gasteiger partial charge in [0.2, 0.25) is 10.0 Å². The van der Waals surface area contributed by atoms with Crippen LogP contribution < -0.4 is 4.90 Å². The molecular weight excluding hydrogens is 483 g/mol. The van der Waals surface area contributed by atoms with E-state index in [9.17, 15) is 13.5 Å². The van der Waals surface area contributed by atoms with Gasteiger partial charge in [0.05, 0.1) is 43.9 Å². The first-order valence-electron chi connectivity index (χ1n) is 10.0. The minimum absolute atomic E-state index is 0.0229. The number of piperazine rings is 1. The van der Waals surface area contributed by atoms with E-state index < -0.39 is 16.1 Å². The molecule has 3 rings (SSSR count). The monoisotopic (exact) mass is 507 g/mol. The molecule has 0 unspecified atom stereocenters. The molecule has 0 bridgehead atoms. The van der Waals surface area contributed by atoms with E-state index in [1.54, 1.807) is 18.2 Å². The summed E-state index contributed by atoms with van der Waals surface area (Å²) < 4.78 is 33.0. The fourth-order valence-electron chi connectivity index (χ4n) is 3.54. The second kappa shape index (κ2) is 10.8. The Morgan fingerprint density at radius 1 is 1.06 bits per heavy atom. The Balaban J connectivity index is 1.48. The summed E-state index contributed by atoms with van der Waals surface area (Å²) in [5, 5.41) is 11.5. The van der Waals surface area contributed by atoms with Crippen LogP contribution in [0.1, 0.15) is 18.6 Å². The summed E-state index contributed by atoms with van der Waals surface area (Å²) in [7, 11) is -3.72. The molecule has 2 aromatic rings. The molecule has 1 heterocycles. The van der Waals surface area contributed by atoms with Crippen LogP contribution in [0.15, 0.2) is 47.4 Å². The zero-order chi connectivity index (χ0) is 22.6. The molecule has 2 atom stereocenters. The van der Waals surface area contributed by atoms with Gasteiger partial charge in [-0.25, -0.2) is 8.42 Å². The van der Waals surface area contributed by atoms with E-state index in [1.807, 2.05) is 19.1 Å². The lowest BCUT2D eigenvalue weighted by atomic mass is 10.1. The molecule has 0 amide bonds. The number of hydrogen-bond acceptors (Lipinski definition) is 4. The molecule has 1 aliphatic heterocycles.